The Morgan fingerprint density at radius 1 is 1.40 bits per heavy atom. The fraction of sp³-hybridized carbons (Fsp3) is 0.562. The van der Waals surface area contributed by atoms with Crippen LogP contribution in [0.2, 0.25) is 5.02 Å². The van der Waals surface area contributed by atoms with Crippen molar-refractivity contribution in [2.24, 2.45) is 17.6 Å². The van der Waals surface area contributed by atoms with Crippen molar-refractivity contribution in [3.05, 3.63) is 34.9 Å². The van der Waals surface area contributed by atoms with E-state index in [0.29, 0.717) is 17.5 Å². The molecule has 3 unspecified atom stereocenters. The van der Waals surface area contributed by atoms with Crippen LogP contribution < -0.4 is 11.1 Å². The van der Waals surface area contributed by atoms with Crippen molar-refractivity contribution >= 4 is 17.5 Å². The lowest BCUT2D eigenvalue weighted by Crippen LogP contribution is -2.37. The average molecular weight is 295 g/mol. The third kappa shape index (κ3) is 3.53. The van der Waals surface area contributed by atoms with E-state index in [9.17, 15) is 4.79 Å². The highest BCUT2D eigenvalue weighted by Gasteiger charge is 2.32. The highest BCUT2D eigenvalue weighted by atomic mass is 35.5. The number of carbonyl (C=O) groups excluding carboxylic acids is 1. The fourth-order valence-electron chi connectivity index (χ4n) is 3.06. The van der Waals surface area contributed by atoms with Crippen LogP contribution in [0.1, 0.15) is 44.2 Å². The Morgan fingerprint density at radius 3 is 2.70 bits per heavy atom. The molecular weight excluding hydrogens is 272 g/mol. The summed E-state index contributed by atoms with van der Waals surface area (Å²) in [4.78, 5) is 12.4. The normalized spacial score (nSPS) is 23.6. The molecule has 1 saturated carbocycles. The minimum atomic E-state index is 0.0544. The van der Waals surface area contributed by atoms with Gasteiger partial charge >= 0.3 is 0 Å². The van der Waals surface area contributed by atoms with Gasteiger partial charge in [0.2, 0.25) is 5.91 Å². The zero-order valence-electron chi connectivity index (χ0n) is 11.9. The van der Waals surface area contributed by atoms with Crippen molar-refractivity contribution in [3.8, 4) is 0 Å². The molecule has 4 heteroatoms. The summed E-state index contributed by atoms with van der Waals surface area (Å²) in [7, 11) is 0. The predicted molar refractivity (Wildman–Crippen MR) is 82.5 cm³/mol. The smallest absolute Gasteiger partial charge is 0.223 e. The van der Waals surface area contributed by atoms with Crippen molar-refractivity contribution < 1.29 is 4.79 Å². The third-order valence-electron chi connectivity index (χ3n) is 4.30. The summed E-state index contributed by atoms with van der Waals surface area (Å²) < 4.78 is 0. The van der Waals surface area contributed by atoms with Crippen molar-refractivity contribution in [2.75, 3.05) is 6.54 Å². The van der Waals surface area contributed by atoms with E-state index in [1.165, 1.54) is 0 Å². The molecule has 0 aliphatic heterocycles. The second-order valence-electron chi connectivity index (χ2n) is 5.55. The molecule has 1 aromatic carbocycles. The predicted octanol–water partition coefficient (Wildman–Crippen LogP) is 3.28. The molecule has 0 aromatic heterocycles. The average Bonchev–Trinajstić information content (AvgIpc) is 2.94. The Balaban J connectivity index is 2.02. The van der Waals surface area contributed by atoms with Gasteiger partial charge in [-0.2, -0.15) is 0 Å². The Kier molecular flexibility index (Phi) is 5.44. The molecule has 1 fully saturated rings. The molecule has 2 rings (SSSR count). The van der Waals surface area contributed by atoms with E-state index in [2.05, 4.69) is 12.2 Å². The molecule has 3 N–H and O–H groups in total. The van der Waals surface area contributed by atoms with Crippen molar-refractivity contribution in [1.82, 2.24) is 5.32 Å². The Labute approximate surface area is 125 Å². The molecule has 0 radical (unpaired) electrons. The van der Waals surface area contributed by atoms with E-state index in [1.54, 1.807) is 0 Å². The molecule has 1 amide bonds. The number of benzene rings is 1. The number of nitrogens with one attached hydrogen (secondary N) is 1. The first kappa shape index (κ1) is 15.3. The SMILES string of the molecule is CCC(NC(=O)C1CCCC1CN)c1ccc(Cl)cc1. The molecule has 1 aliphatic carbocycles. The van der Waals surface area contributed by atoms with Crippen LogP contribution in [0.15, 0.2) is 24.3 Å². The number of amides is 1. The van der Waals surface area contributed by atoms with Crippen LogP contribution >= 0.6 is 11.6 Å². The zero-order chi connectivity index (χ0) is 14.5. The summed E-state index contributed by atoms with van der Waals surface area (Å²) in [6, 6.07) is 7.74. The van der Waals surface area contributed by atoms with Crippen LogP contribution in [-0.4, -0.2) is 12.5 Å². The molecule has 110 valence electrons. The molecule has 0 spiro atoms. The van der Waals surface area contributed by atoms with Gasteiger partial charge in [-0.25, -0.2) is 0 Å². The maximum Gasteiger partial charge on any atom is 0.223 e. The van der Waals surface area contributed by atoms with Crippen LogP contribution in [0.4, 0.5) is 0 Å². The van der Waals surface area contributed by atoms with Gasteiger partial charge in [-0.1, -0.05) is 37.1 Å². The topological polar surface area (TPSA) is 55.1 Å². The second kappa shape index (κ2) is 7.09. The summed E-state index contributed by atoms with van der Waals surface area (Å²) in [6.45, 7) is 2.68. The number of halogens is 1. The zero-order valence-corrected chi connectivity index (χ0v) is 12.7. The number of hydrogen-bond donors (Lipinski definition) is 2. The van der Waals surface area contributed by atoms with Gasteiger partial charge in [0.1, 0.15) is 0 Å². The van der Waals surface area contributed by atoms with Crippen molar-refractivity contribution in [1.29, 1.82) is 0 Å². The van der Waals surface area contributed by atoms with E-state index >= 15 is 0 Å². The van der Waals surface area contributed by atoms with Gasteiger partial charge in [-0.3, -0.25) is 4.79 Å². The quantitative estimate of drug-likeness (QED) is 0.875. The Morgan fingerprint density at radius 2 is 2.10 bits per heavy atom. The largest absolute Gasteiger partial charge is 0.349 e. The molecule has 20 heavy (non-hydrogen) atoms. The highest BCUT2D eigenvalue weighted by molar-refractivity contribution is 6.30. The van der Waals surface area contributed by atoms with E-state index < -0.39 is 0 Å². The van der Waals surface area contributed by atoms with Gasteiger partial charge in [0, 0.05) is 10.9 Å². The summed E-state index contributed by atoms with van der Waals surface area (Å²) in [6.07, 6.45) is 4.02. The Bertz CT molecular complexity index is 446. The van der Waals surface area contributed by atoms with Gasteiger partial charge in [-0.15, -0.1) is 0 Å². The molecule has 0 saturated heterocycles. The molecular formula is C16H23ClN2O. The summed E-state index contributed by atoms with van der Waals surface area (Å²) >= 11 is 5.91. The lowest BCUT2D eigenvalue weighted by atomic mass is 9.94. The van der Waals surface area contributed by atoms with Crippen LogP contribution in [0, 0.1) is 11.8 Å². The lowest BCUT2D eigenvalue weighted by Gasteiger charge is -2.23. The van der Waals surface area contributed by atoms with Gasteiger partial charge in [0.25, 0.3) is 0 Å². The molecule has 0 heterocycles. The first-order chi connectivity index (χ1) is 9.65. The lowest BCUT2D eigenvalue weighted by molar-refractivity contribution is -0.126. The fourth-order valence-corrected chi connectivity index (χ4v) is 3.19. The van der Waals surface area contributed by atoms with E-state index in [-0.39, 0.29) is 17.9 Å². The number of rotatable bonds is 5. The highest BCUT2D eigenvalue weighted by Crippen LogP contribution is 2.32. The standard InChI is InChI=1S/C16H23ClN2O/c1-2-15(11-6-8-13(17)9-7-11)19-16(20)14-5-3-4-12(14)10-18/h6-9,12,14-15H,2-5,10,18H2,1H3,(H,19,20). The second-order valence-corrected chi connectivity index (χ2v) is 5.99. The van der Waals surface area contributed by atoms with E-state index in [4.69, 9.17) is 17.3 Å². The van der Waals surface area contributed by atoms with Crippen molar-refractivity contribution in [2.45, 2.75) is 38.6 Å². The van der Waals surface area contributed by atoms with Crippen LogP contribution in [0.25, 0.3) is 0 Å². The summed E-state index contributed by atoms with van der Waals surface area (Å²) in [5, 5.41) is 3.89. The van der Waals surface area contributed by atoms with Crippen LogP contribution in [0.3, 0.4) is 0 Å². The number of hydrogen-bond acceptors (Lipinski definition) is 2. The molecule has 3 nitrogen and oxygen atoms in total. The van der Waals surface area contributed by atoms with Gasteiger partial charge < -0.3 is 11.1 Å². The minimum absolute atomic E-state index is 0.0544. The van der Waals surface area contributed by atoms with Crippen LogP contribution in [-0.2, 0) is 4.79 Å². The van der Waals surface area contributed by atoms with Gasteiger partial charge in [0.15, 0.2) is 0 Å². The maximum absolute atomic E-state index is 12.4. The Hall–Kier alpha value is -1.06. The molecule has 1 aliphatic rings. The number of nitrogens with two attached hydrogens (primary N) is 1. The molecule has 0 bridgehead atoms. The molecule has 3 atom stereocenters. The van der Waals surface area contributed by atoms with E-state index in [1.807, 2.05) is 24.3 Å². The van der Waals surface area contributed by atoms with E-state index in [0.717, 1.165) is 31.2 Å². The van der Waals surface area contributed by atoms with Crippen LogP contribution in [0.5, 0.6) is 0 Å². The number of carbonyl (C=O) groups is 1. The maximum atomic E-state index is 12.4. The third-order valence-corrected chi connectivity index (χ3v) is 4.55. The van der Waals surface area contributed by atoms with Gasteiger partial charge in [-0.05, 0) is 49.4 Å². The first-order valence-corrected chi connectivity index (χ1v) is 7.79. The van der Waals surface area contributed by atoms with Gasteiger partial charge in [0.05, 0.1) is 6.04 Å². The van der Waals surface area contributed by atoms with Crippen molar-refractivity contribution in [3.63, 3.8) is 0 Å². The first-order valence-electron chi connectivity index (χ1n) is 7.41. The summed E-state index contributed by atoms with van der Waals surface area (Å²) in [5.41, 5.74) is 6.86. The monoisotopic (exact) mass is 294 g/mol. The molecule has 1 aromatic rings. The minimum Gasteiger partial charge on any atom is -0.349 e. The summed E-state index contributed by atoms with van der Waals surface area (Å²) in [5.74, 6) is 0.582.